The molecule has 0 aliphatic heterocycles. The summed E-state index contributed by atoms with van der Waals surface area (Å²) in [5.41, 5.74) is 9.83. The van der Waals surface area contributed by atoms with Crippen LogP contribution < -0.4 is 5.73 Å². The molecule has 86 valence electrons. The maximum absolute atomic E-state index is 10.1. The van der Waals surface area contributed by atoms with Crippen molar-refractivity contribution < 1.29 is 5.11 Å². The number of benzene rings is 1. The second-order valence-electron chi connectivity index (χ2n) is 4.25. The van der Waals surface area contributed by atoms with Crippen LogP contribution in [0.15, 0.2) is 18.2 Å². The Morgan fingerprint density at radius 1 is 1.38 bits per heavy atom. The Hall–Kier alpha value is -1.32. The van der Waals surface area contributed by atoms with Crippen molar-refractivity contribution >= 4 is 10.9 Å². The van der Waals surface area contributed by atoms with Gasteiger partial charge < -0.3 is 15.8 Å². The molecule has 1 aromatic carbocycles. The average molecular weight is 218 g/mol. The maximum Gasteiger partial charge on any atom is 0.0825 e. The first-order valence-electron chi connectivity index (χ1n) is 5.61. The molecule has 1 aromatic heterocycles. The molecule has 0 fully saturated rings. The van der Waals surface area contributed by atoms with Gasteiger partial charge >= 0.3 is 0 Å². The Morgan fingerprint density at radius 2 is 2.12 bits per heavy atom. The van der Waals surface area contributed by atoms with Gasteiger partial charge in [-0.3, -0.25) is 0 Å². The van der Waals surface area contributed by atoms with E-state index in [0.29, 0.717) is 13.0 Å². The number of aromatic nitrogens is 1. The molecule has 0 radical (unpaired) electrons. The van der Waals surface area contributed by atoms with Gasteiger partial charge in [0.15, 0.2) is 0 Å². The molecule has 1 atom stereocenters. The third-order valence-electron chi connectivity index (χ3n) is 3.05. The molecule has 0 bridgehead atoms. The summed E-state index contributed by atoms with van der Waals surface area (Å²) >= 11 is 0. The first kappa shape index (κ1) is 11.2. The highest BCUT2D eigenvalue weighted by Crippen LogP contribution is 2.30. The Balaban J connectivity index is 2.60. The van der Waals surface area contributed by atoms with Gasteiger partial charge in [-0.15, -0.1) is 0 Å². The highest BCUT2D eigenvalue weighted by atomic mass is 16.3. The summed E-state index contributed by atoms with van der Waals surface area (Å²) in [6.45, 7) is 4.56. The van der Waals surface area contributed by atoms with E-state index >= 15 is 0 Å². The van der Waals surface area contributed by atoms with Crippen LogP contribution in [-0.2, 0) is 0 Å². The van der Waals surface area contributed by atoms with Gasteiger partial charge in [0, 0.05) is 22.2 Å². The Labute approximate surface area is 95.3 Å². The number of aliphatic hydroxyl groups excluding tert-OH is 1. The van der Waals surface area contributed by atoms with Gasteiger partial charge in [0.05, 0.1) is 6.10 Å². The highest BCUT2D eigenvalue weighted by Gasteiger charge is 2.16. The summed E-state index contributed by atoms with van der Waals surface area (Å²) in [6, 6.07) is 6.13. The zero-order valence-corrected chi connectivity index (χ0v) is 9.75. The predicted octanol–water partition coefficient (Wildman–Crippen LogP) is 2.17. The van der Waals surface area contributed by atoms with E-state index in [-0.39, 0.29) is 0 Å². The van der Waals surface area contributed by atoms with Gasteiger partial charge in [0.1, 0.15) is 0 Å². The van der Waals surface area contributed by atoms with Crippen molar-refractivity contribution in [1.82, 2.24) is 4.98 Å². The van der Waals surface area contributed by atoms with Gasteiger partial charge in [-0.2, -0.15) is 0 Å². The fraction of sp³-hybridized carbons (Fsp3) is 0.385. The van der Waals surface area contributed by atoms with Crippen LogP contribution in [0.1, 0.15) is 29.3 Å². The van der Waals surface area contributed by atoms with Gasteiger partial charge in [0.25, 0.3) is 0 Å². The van der Waals surface area contributed by atoms with Crippen LogP contribution in [0.4, 0.5) is 0 Å². The van der Waals surface area contributed by atoms with Crippen LogP contribution in [0.5, 0.6) is 0 Å². The molecule has 1 unspecified atom stereocenters. The summed E-state index contributed by atoms with van der Waals surface area (Å²) in [5.74, 6) is 0. The van der Waals surface area contributed by atoms with Crippen molar-refractivity contribution in [3.8, 4) is 0 Å². The average Bonchev–Trinajstić information content (AvgIpc) is 2.56. The van der Waals surface area contributed by atoms with E-state index in [1.807, 2.05) is 19.1 Å². The first-order valence-corrected chi connectivity index (χ1v) is 5.61. The summed E-state index contributed by atoms with van der Waals surface area (Å²) in [6.07, 6.45) is 0.127. The molecule has 0 saturated heterocycles. The summed E-state index contributed by atoms with van der Waals surface area (Å²) < 4.78 is 0. The Kier molecular flexibility index (Phi) is 2.99. The number of para-hydroxylation sites is 1. The molecule has 16 heavy (non-hydrogen) atoms. The van der Waals surface area contributed by atoms with Crippen LogP contribution in [0.25, 0.3) is 10.9 Å². The maximum atomic E-state index is 10.1. The van der Waals surface area contributed by atoms with Crippen molar-refractivity contribution in [2.24, 2.45) is 5.73 Å². The Bertz CT molecular complexity index is 502. The molecule has 3 heteroatoms. The lowest BCUT2D eigenvalue weighted by atomic mass is 10.0. The third kappa shape index (κ3) is 1.72. The fourth-order valence-corrected chi connectivity index (χ4v) is 2.25. The quantitative estimate of drug-likeness (QED) is 0.739. The van der Waals surface area contributed by atoms with Gasteiger partial charge in [-0.25, -0.2) is 0 Å². The minimum absolute atomic E-state index is 0.472. The summed E-state index contributed by atoms with van der Waals surface area (Å²) in [5, 5.41) is 11.2. The molecule has 2 rings (SSSR count). The standard InChI is InChI=1S/C13H18N2O/c1-8-4-3-5-10-12(11(16)6-7-14)9(2)15-13(8)10/h3-5,11,15-16H,6-7,14H2,1-2H3. The summed E-state index contributed by atoms with van der Waals surface area (Å²) in [4.78, 5) is 3.33. The van der Waals surface area contributed by atoms with E-state index in [1.165, 1.54) is 5.56 Å². The van der Waals surface area contributed by atoms with Crippen LogP contribution in [0.2, 0.25) is 0 Å². The van der Waals surface area contributed by atoms with Crippen molar-refractivity contribution in [1.29, 1.82) is 0 Å². The molecular formula is C13H18N2O. The molecule has 1 heterocycles. The number of aryl methyl sites for hydroxylation is 2. The van der Waals surface area contributed by atoms with Crippen LogP contribution >= 0.6 is 0 Å². The third-order valence-corrected chi connectivity index (χ3v) is 3.05. The van der Waals surface area contributed by atoms with Crippen molar-refractivity contribution in [3.63, 3.8) is 0 Å². The number of rotatable bonds is 3. The largest absolute Gasteiger partial charge is 0.388 e. The topological polar surface area (TPSA) is 62.0 Å². The molecule has 0 aliphatic rings. The van der Waals surface area contributed by atoms with Crippen LogP contribution in [0.3, 0.4) is 0 Å². The molecular weight excluding hydrogens is 200 g/mol. The smallest absolute Gasteiger partial charge is 0.0825 e. The van der Waals surface area contributed by atoms with E-state index in [4.69, 9.17) is 5.73 Å². The first-order chi connectivity index (χ1) is 7.65. The molecule has 0 spiro atoms. The SMILES string of the molecule is Cc1[nH]c2c(C)cccc2c1C(O)CCN. The fourth-order valence-electron chi connectivity index (χ4n) is 2.25. The highest BCUT2D eigenvalue weighted by molar-refractivity contribution is 5.87. The number of aliphatic hydroxyl groups is 1. The minimum atomic E-state index is -0.472. The lowest BCUT2D eigenvalue weighted by Gasteiger charge is -2.09. The zero-order chi connectivity index (χ0) is 11.7. The van der Waals surface area contributed by atoms with Crippen LogP contribution in [0, 0.1) is 13.8 Å². The number of H-pyrrole nitrogens is 1. The monoisotopic (exact) mass is 218 g/mol. The number of nitrogens with one attached hydrogen (secondary N) is 1. The van der Waals surface area contributed by atoms with Gasteiger partial charge in [-0.1, -0.05) is 18.2 Å². The van der Waals surface area contributed by atoms with Crippen molar-refractivity contribution in [3.05, 3.63) is 35.0 Å². The minimum Gasteiger partial charge on any atom is -0.388 e. The van der Waals surface area contributed by atoms with Crippen molar-refractivity contribution in [2.45, 2.75) is 26.4 Å². The van der Waals surface area contributed by atoms with E-state index in [2.05, 4.69) is 18.0 Å². The lowest BCUT2D eigenvalue weighted by Crippen LogP contribution is -2.07. The Morgan fingerprint density at radius 3 is 2.81 bits per heavy atom. The van der Waals surface area contributed by atoms with Crippen LogP contribution in [-0.4, -0.2) is 16.6 Å². The van der Waals surface area contributed by atoms with E-state index < -0.39 is 6.10 Å². The van der Waals surface area contributed by atoms with E-state index in [9.17, 15) is 5.11 Å². The normalized spacial score (nSPS) is 13.2. The molecule has 0 amide bonds. The molecule has 0 saturated carbocycles. The molecule has 3 nitrogen and oxygen atoms in total. The van der Waals surface area contributed by atoms with Crippen molar-refractivity contribution in [2.75, 3.05) is 6.54 Å². The second-order valence-corrected chi connectivity index (χ2v) is 4.25. The number of hydrogen-bond acceptors (Lipinski definition) is 2. The number of fused-ring (bicyclic) bond motifs is 1. The van der Waals surface area contributed by atoms with E-state index in [0.717, 1.165) is 22.2 Å². The number of aromatic amines is 1. The number of nitrogens with two attached hydrogens (primary N) is 1. The zero-order valence-electron chi connectivity index (χ0n) is 9.75. The van der Waals surface area contributed by atoms with Gasteiger partial charge in [-0.05, 0) is 32.4 Å². The lowest BCUT2D eigenvalue weighted by molar-refractivity contribution is 0.171. The molecule has 2 aromatic rings. The predicted molar refractivity (Wildman–Crippen MR) is 66.4 cm³/mol. The molecule has 0 aliphatic carbocycles. The number of hydrogen-bond donors (Lipinski definition) is 3. The van der Waals surface area contributed by atoms with E-state index in [1.54, 1.807) is 0 Å². The second kappa shape index (κ2) is 4.28. The molecule has 4 N–H and O–H groups in total. The van der Waals surface area contributed by atoms with Gasteiger partial charge in [0.2, 0.25) is 0 Å². The summed E-state index contributed by atoms with van der Waals surface area (Å²) in [7, 11) is 0.